The molecule has 0 aliphatic heterocycles. The Labute approximate surface area is 132 Å². The van der Waals surface area contributed by atoms with Crippen molar-refractivity contribution >= 4 is 21.9 Å². The zero-order valence-corrected chi connectivity index (χ0v) is 12.5. The summed E-state index contributed by atoms with van der Waals surface area (Å²) >= 11 is 3.29. The molecule has 0 aliphatic rings. The van der Waals surface area contributed by atoms with Gasteiger partial charge in [-0.1, -0.05) is 5.16 Å². The normalized spacial score (nSPS) is 10.6. The number of aromatic nitrogens is 3. The molecule has 0 fully saturated rings. The molecule has 0 spiro atoms. The molecule has 0 atom stereocenters. The number of pyridine rings is 1. The van der Waals surface area contributed by atoms with Gasteiger partial charge in [0.15, 0.2) is 0 Å². The van der Waals surface area contributed by atoms with Crippen molar-refractivity contribution in [3.05, 3.63) is 46.7 Å². The van der Waals surface area contributed by atoms with Gasteiger partial charge in [0.1, 0.15) is 5.75 Å². The molecular formula is C14H8BrN3O4. The molecule has 0 saturated carbocycles. The van der Waals surface area contributed by atoms with Gasteiger partial charge in [-0.2, -0.15) is 4.98 Å². The minimum atomic E-state index is -1.11. The minimum absolute atomic E-state index is 0.0169. The highest BCUT2D eigenvalue weighted by Crippen LogP contribution is 2.30. The van der Waals surface area contributed by atoms with E-state index in [4.69, 9.17) is 9.63 Å². The van der Waals surface area contributed by atoms with Crippen molar-refractivity contribution in [2.24, 2.45) is 0 Å². The Balaban J connectivity index is 2.04. The topological polar surface area (TPSA) is 109 Å². The molecular weight excluding hydrogens is 354 g/mol. The Morgan fingerprint density at radius 2 is 2.05 bits per heavy atom. The molecule has 0 aliphatic carbocycles. The first-order valence-corrected chi connectivity index (χ1v) is 6.85. The first kappa shape index (κ1) is 14.2. The van der Waals surface area contributed by atoms with E-state index in [2.05, 4.69) is 31.1 Å². The van der Waals surface area contributed by atoms with Crippen LogP contribution in [0.25, 0.3) is 22.8 Å². The number of carbonyl (C=O) groups is 1. The number of hydrogen-bond donors (Lipinski definition) is 2. The molecule has 0 bridgehead atoms. The Bertz CT molecular complexity index is 863. The molecule has 3 aromatic rings. The summed E-state index contributed by atoms with van der Waals surface area (Å²) in [5.74, 6) is -0.939. The number of rotatable bonds is 3. The standard InChI is InChI=1S/C14H8BrN3O4/c15-9-3-8(5-16-6-9)13-17-12(18-22-13)10-4-7(14(20)21)1-2-11(10)19/h1-6,19H,(H,20,21). The molecule has 2 N–H and O–H groups in total. The van der Waals surface area contributed by atoms with E-state index in [0.717, 1.165) is 4.47 Å². The molecule has 2 heterocycles. The molecule has 3 rings (SSSR count). The summed E-state index contributed by atoms with van der Waals surface area (Å²) in [7, 11) is 0. The largest absolute Gasteiger partial charge is 0.507 e. The molecule has 0 saturated heterocycles. The average molecular weight is 362 g/mol. The van der Waals surface area contributed by atoms with Gasteiger partial charge in [0.05, 0.1) is 16.7 Å². The van der Waals surface area contributed by atoms with Crippen molar-refractivity contribution in [1.29, 1.82) is 0 Å². The molecule has 1 aromatic carbocycles. The minimum Gasteiger partial charge on any atom is -0.507 e. The number of aromatic carboxylic acids is 1. The maximum absolute atomic E-state index is 11.0. The Hall–Kier alpha value is -2.74. The van der Waals surface area contributed by atoms with E-state index in [1.54, 1.807) is 18.5 Å². The summed E-state index contributed by atoms with van der Waals surface area (Å²) in [4.78, 5) is 19.2. The molecule has 22 heavy (non-hydrogen) atoms. The molecule has 110 valence electrons. The number of carboxylic acid groups (broad SMARTS) is 1. The monoisotopic (exact) mass is 361 g/mol. The van der Waals surface area contributed by atoms with Gasteiger partial charge in [-0.3, -0.25) is 4.98 Å². The van der Waals surface area contributed by atoms with E-state index in [0.29, 0.717) is 5.56 Å². The summed E-state index contributed by atoms with van der Waals surface area (Å²) in [6, 6.07) is 5.60. The van der Waals surface area contributed by atoms with Crippen molar-refractivity contribution in [1.82, 2.24) is 15.1 Å². The van der Waals surface area contributed by atoms with Gasteiger partial charge in [-0.25, -0.2) is 4.79 Å². The third-order valence-electron chi connectivity index (χ3n) is 2.86. The van der Waals surface area contributed by atoms with Crippen LogP contribution in [-0.2, 0) is 0 Å². The van der Waals surface area contributed by atoms with Crippen LogP contribution in [-0.4, -0.2) is 31.3 Å². The van der Waals surface area contributed by atoms with Gasteiger partial charge in [-0.05, 0) is 40.2 Å². The lowest BCUT2D eigenvalue weighted by Crippen LogP contribution is -1.96. The van der Waals surface area contributed by atoms with E-state index < -0.39 is 5.97 Å². The van der Waals surface area contributed by atoms with Crippen LogP contribution >= 0.6 is 15.9 Å². The van der Waals surface area contributed by atoms with Gasteiger partial charge in [0.25, 0.3) is 5.89 Å². The number of phenolic OH excluding ortho intramolecular Hbond substituents is 1. The highest BCUT2D eigenvalue weighted by molar-refractivity contribution is 9.10. The summed E-state index contributed by atoms with van der Waals surface area (Å²) in [6.45, 7) is 0. The van der Waals surface area contributed by atoms with Crippen molar-refractivity contribution < 1.29 is 19.5 Å². The quantitative estimate of drug-likeness (QED) is 0.737. The second-order valence-electron chi connectivity index (χ2n) is 4.35. The van der Waals surface area contributed by atoms with E-state index in [1.807, 2.05) is 0 Å². The summed E-state index contributed by atoms with van der Waals surface area (Å²) < 4.78 is 5.89. The number of benzene rings is 1. The fraction of sp³-hybridized carbons (Fsp3) is 0. The number of aromatic hydroxyl groups is 1. The lowest BCUT2D eigenvalue weighted by molar-refractivity contribution is 0.0697. The molecule has 0 radical (unpaired) electrons. The fourth-order valence-electron chi connectivity index (χ4n) is 1.83. The third-order valence-corrected chi connectivity index (χ3v) is 3.30. The second-order valence-corrected chi connectivity index (χ2v) is 5.27. The number of halogens is 1. The Kier molecular flexibility index (Phi) is 3.60. The zero-order chi connectivity index (χ0) is 15.7. The van der Waals surface area contributed by atoms with E-state index >= 15 is 0 Å². The van der Waals surface area contributed by atoms with Crippen LogP contribution in [0.2, 0.25) is 0 Å². The van der Waals surface area contributed by atoms with Gasteiger partial charge < -0.3 is 14.7 Å². The lowest BCUT2D eigenvalue weighted by atomic mass is 10.1. The SMILES string of the molecule is O=C(O)c1ccc(O)c(-c2noc(-c3cncc(Br)c3)n2)c1. The number of phenols is 1. The van der Waals surface area contributed by atoms with Gasteiger partial charge >= 0.3 is 5.97 Å². The lowest BCUT2D eigenvalue weighted by Gasteiger charge is -2.01. The van der Waals surface area contributed by atoms with Gasteiger partial charge in [0, 0.05) is 16.9 Å². The van der Waals surface area contributed by atoms with Crippen LogP contribution in [0.3, 0.4) is 0 Å². The highest BCUT2D eigenvalue weighted by Gasteiger charge is 2.16. The predicted octanol–water partition coefficient (Wildman–Crippen LogP) is 2.96. The first-order chi connectivity index (χ1) is 10.5. The Morgan fingerprint density at radius 3 is 2.77 bits per heavy atom. The fourth-order valence-corrected chi connectivity index (χ4v) is 2.19. The second kappa shape index (κ2) is 5.57. The summed E-state index contributed by atoms with van der Waals surface area (Å²) in [5.41, 5.74) is 0.795. The molecule has 7 nitrogen and oxygen atoms in total. The van der Waals surface area contributed by atoms with Crippen molar-refractivity contribution in [3.8, 4) is 28.6 Å². The smallest absolute Gasteiger partial charge is 0.335 e. The predicted molar refractivity (Wildman–Crippen MR) is 79.3 cm³/mol. The number of nitrogens with zero attached hydrogens (tertiary/aromatic N) is 3. The van der Waals surface area contributed by atoms with Crippen LogP contribution in [0, 0.1) is 0 Å². The third kappa shape index (κ3) is 2.68. The van der Waals surface area contributed by atoms with Crippen LogP contribution in [0.1, 0.15) is 10.4 Å². The van der Waals surface area contributed by atoms with Crippen molar-refractivity contribution in [3.63, 3.8) is 0 Å². The highest BCUT2D eigenvalue weighted by atomic mass is 79.9. The van der Waals surface area contributed by atoms with Crippen LogP contribution in [0.4, 0.5) is 0 Å². The molecule has 0 unspecified atom stereocenters. The van der Waals surface area contributed by atoms with E-state index in [-0.39, 0.29) is 28.6 Å². The number of carboxylic acids is 1. The van der Waals surface area contributed by atoms with E-state index in [9.17, 15) is 9.90 Å². The van der Waals surface area contributed by atoms with Gasteiger partial charge in [0.2, 0.25) is 5.82 Å². The van der Waals surface area contributed by atoms with Gasteiger partial charge in [-0.15, -0.1) is 0 Å². The number of hydrogen-bond acceptors (Lipinski definition) is 6. The van der Waals surface area contributed by atoms with E-state index in [1.165, 1.54) is 18.2 Å². The molecule has 0 amide bonds. The van der Waals surface area contributed by atoms with Crippen molar-refractivity contribution in [2.45, 2.75) is 0 Å². The summed E-state index contributed by atoms with van der Waals surface area (Å²) in [5, 5.41) is 22.6. The molecule has 2 aromatic heterocycles. The first-order valence-electron chi connectivity index (χ1n) is 6.06. The Morgan fingerprint density at radius 1 is 1.23 bits per heavy atom. The summed E-state index contributed by atoms with van der Waals surface area (Å²) in [6.07, 6.45) is 3.17. The van der Waals surface area contributed by atoms with Crippen molar-refractivity contribution in [2.75, 3.05) is 0 Å². The van der Waals surface area contributed by atoms with Crippen LogP contribution in [0.15, 0.2) is 45.7 Å². The van der Waals surface area contributed by atoms with Crippen LogP contribution < -0.4 is 0 Å². The van der Waals surface area contributed by atoms with Crippen LogP contribution in [0.5, 0.6) is 5.75 Å². The zero-order valence-electron chi connectivity index (χ0n) is 10.9. The average Bonchev–Trinajstić information content (AvgIpc) is 2.97. The maximum atomic E-state index is 11.0. The molecule has 8 heteroatoms. The maximum Gasteiger partial charge on any atom is 0.335 e.